The highest BCUT2D eigenvalue weighted by Crippen LogP contribution is 2.13. The van der Waals surface area contributed by atoms with E-state index in [0.717, 1.165) is 5.76 Å². The maximum absolute atomic E-state index is 12.0. The van der Waals surface area contributed by atoms with Gasteiger partial charge in [-0.1, -0.05) is 0 Å². The van der Waals surface area contributed by atoms with Crippen molar-refractivity contribution in [3.05, 3.63) is 24.2 Å². The number of urea groups is 1. The van der Waals surface area contributed by atoms with Crippen LogP contribution in [0.1, 0.15) is 25.6 Å². The summed E-state index contributed by atoms with van der Waals surface area (Å²) in [6, 6.07) is 2.81. The molecule has 2 rings (SSSR count). The lowest BCUT2D eigenvalue weighted by atomic mass is 10.2. The molecule has 6 nitrogen and oxygen atoms in total. The Morgan fingerprint density at radius 1 is 1.56 bits per heavy atom. The van der Waals surface area contributed by atoms with Crippen molar-refractivity contribution in [2.24, 2.45) is 0 Å². The summed E-state index contributed by atoms with van der Waals surface area (Å²) in [5, 5.41) is 5.72. The van der Waals surface area contributed by atoms with Gasteiger partial charge in [-0.2, -0.15) is 0 Å². The number of hydrogen-bond acceptors (Lipinski definition) is 4. The molecule has 6 heteroatoms. The van der Waals surface area contributed by atoms with Crippen molar-refractivity contribution < 1.29 is 14.0 Å². The Balaban J connectivity index is 1.93. The molecule has 18 heavy (non-hydrogen) atoms. The molecule has 1 aromatic rings. The number of amides is 3. The highest BCUT2D eigenvalue weighted by Gasteiger charge is 2.30. The minimum absolute atomic E-state index is 0.0791. The van der Waals surface area contributed by atoms with Crippen LogP contribution in [0, 0.1) is 0 Å². The predicted molar refractivity (Wildman–Crippen MR) is 64.8 cm³/mol. The number of rotatable bonds is 4. The van der Waals surface area contributed by atoms with Crippen LogP contribution in [0.3, 0.4) is 0 Å². The van der Waals surface area contributed by atoms with Crippen molar-refractivity contribution in [1.82, 2.24) is 15.5 Å². The van der Waals surface area contributed by atoms with E-state index in [1.165, 1.54) is 4.90 Å². The molecule has 2 N–H and O–H groups in total. The first-order chi connectivity index (χ1) is 8.59. The summed E-state index contributed by atoms with van der Waals surface area (Å²) < 4.78 is 5.26. The molecule has 0 unspecified atom stereocenters. The van der Waals surface area contributed by atoms with Gasteiger partial charge in [-0.3, -0.25) is 15.0 Å². The van der Waals surface area contributed by atoms with Crippen molar-refractivity contribution in [3.8, 4) is 0 Å². The van der Waals surface area contributed by atoms with E-state index >= 15 is 0 Å². The van der Waals surface area contributed by atoms with Gasteiger partial charge in [0.25, 0.3) is 0 Å². The molecule has 3 amide bonds. The van der Waals surface area contributed by atoms with Crippen LogP contribution in [-0.4, -0.2) is 36.0 Å². The number of hydrogen-bond donors (Lipinski definition) is 2. The molecule has 2 atom stereocenters. The summed E-state index contributed by atoms with van der Waals surface area (Å²) in [5.41, 5.74) is 0. The van der Waals surface area contributed by atoms with E-state index in [1.54, 1.807) is 19.3 Å². The van der Waals surface area contributed by atoms with Crippen molar-refractivity contribution in [2.75, 3.05) is 13.1 Å². The lowest BCUT2D eigenvalue weighted by Gasteiger charge is -2.21. The molecule has 0 bridgehead atoms. The van der Waals surface area contributed by atoms with Gasteiger partial charge in [-0.05, 0) is 26.0 Å². The molecule has 0 saturated carbocycles. The highest BCUT2D eigenvalue weighted by molar-refractivity contribution is 5.98. The zero-order valence-electron chi connectivity index (χ0n) is 10.5. The van der Waals surface area contributed by atoms with E-state index in [2.05, 4.69) is 10.6 Å². The third-order valence-corrected chi connectivity index (χ3v) is 2.96. The summed E-state index contributed by atoms with van der Waals surface area (Å²) in [6.07, 6.45) is 1.59. The monoisotopic (exact) mass is 251 g/mol. The lowest BCUT2D eigenvalue weighted by molar-refractivity contribution is -0.129. The molecule has 0 radical (unpaired) electrons. The van der Waals surface area contributed by atoms with Gasteiger partial charge in [0, 0.05) is 13.1 Å². The van der Waals surface area contributed by atoms with Gasteiger partial charge in [0.15, 0.2) is 0 Å². The molecule has 98 valence electrons. The minimum atomic E-state index is -0.436. The standard InChI is InChI=1S/C12H17N3O3/c1-8(10-4-3-7-18-10)14-9(2)11(16)15-6-5-13-12(15)17/h3-4,7-9,14H,5-6H2,1-2H3,(H,13,17)/t8-,9-/m0/s1. The highest BCUT2D eigenvalue weighted by atomic mass is 16.3. The Morgan fingerprint density at radius 2 is 2.33 bits per heavy atom. The van der Waals surface area contributed by atoms with Crippen LogP contribution in [0.2, 0.25) is 0 Å². The normalized spacial score (nSPS) is 18.6. The third kappa shape index (κ3) is 2.53. The zero-order chi connectivity index (χ0) is 13.1. The first-order valence-corrected chi connectivity index (χ1v) is 5.98. The molecular formula is C12H17N3O3. The Bertz CT molecular complexity index is 430. The fraction of sp³-hybridized carbons (Fsp3) is 0.500. The van der Waals surface area contributed by atoms with Crippen molar-refractivity contribution in [2.45, 2.75) is 25.9 Å². The second kappa shape index (κ2) is 5.22. The Morgan fingerprint density at radius 3 is 2.89 bits per heavy atom. The number of furan rings is 1. The van der Waals surface area contributed by atoms with E-state index < -0.39 is 6.04 Å². The molecule has 0 aromatic carbocycles. The molecule has 0 aliphatic carbocycles. The van der Waals surface area contributed by atoms with Crippen LogP contribution in [0.15, 0.2) is 22.8 Å². The van der Waals surface area contributed by atoms with Crippen LogP contribution in [0.5, 0.6) is 0 Å². The number of carbonyl (C=O) groups is 2. The van der Waals surface area contributed by atoms with E-state index in [4.69, 9.17) is 4.42 Å². The van der Waals surface area contributed by atoms with Gasteiger partial charge in [-0.25, -0.2) is 4.79 Å². The molecule has 2 heterocycles. The van der Waals surface area contributed by atoms with Crippen molar-refractivity contribution >= 4 is 11.9 Å². The van der Waals surface area contributed by atoms with Crippen LogP contribution in [0.4, 0.5) is 4.79 Å². The maximum Gasteiger partial charge on any atom is 0.324 e. The molecule has 1 aliphatic rings. The van der Waals surface area contributed by atoms with Gasteiger partial charge in [0.2, 0.25) is 5.91 Å². The summed E-state index contributed by atoms with van der Waals surface area (Å²) >= 11 is 0. The summed E-state index contributed by atoms with van der Waals surface area (Å²) in [6.45, 7) is 4.60. The average Bonchev–Trinajstić information content (AvgIpc) is 2.98. The second-order valence-electron chi connectivity index (χ2n) is 4.35. The van der Waals surface area contributed by atoms with Gasteiger partial charge in [0.1, 0.15) is 5.76 Å². The number of imide groups is 1. The molecular weight excluding hydrogens is 234 g/mol. The second-order valence-corrected chi connectivity index (χ2v) is 4.35. The van der Waals surface area contributed by atoms with Gasteiger partial charge in [0.05, 0.1) is 18.3 Å². The Hall–Kier alpha value is -1.82. The van der Waals surface area contributed by atoms with Gasteiger partial charge >= 0.3 is 6.03 Å². The van der Waals surface area contributed by atoms with Gasteiger partial charge in [-0.15, -0.1) is 0 Å². The van der Waals surface area contributed by atoms with Crippen LogP contribution >= 0.6 is 0 Å². The quantitative estimate of drug-likeness (QED) is 0.832. The van der Waals surface area contributed by atoms with E-state index in [-0.39, 0.29) is 18.0 Å². The Kier molecular flexibility index (Phi) is 3.66. The fourth-order valence-corrected chi connectivity index (χ4v) is 1.98. The average molecular weight is 251 g/mol. The zero-order valence-corrected chi connectivity index (χ0v) is 10.5. The van der Waals surface area contributed by atoms with Crippen molar-refractivity contribution in [3.63, 3.8) is 0 Å². The van der Waals surface area contributed by atoms with Crippen molar-refractivity contribution in [1.29, 1.82) is 0 Å². The predicted octanol–water partition coefficient (Wildman–Crippen LogP) is 0.871. The smallest absolute Gasteiger partial charge is 0.324 e. The van der Waals surface area contributed by atoms with Crippen LogP contribution in [-0.2, 0) is 4.79 Å². The largest absolute Gasteiger partial charge is 0.468 e. The number of nitrogens with zero attached hydrogens (tertiary/aromatic N) is 1. The molecule has 1 fully saturated rings. The number of carbonyl (C=O) groups excluding carboxylic acids is 2. The van der Waals surface area contributed by atoms with Gasteiger partial charge < -0.3 is 9.73 Å². The number of nitrogens with one attached hydrogen (secondary N) is 2. The molecule has 1 aromatic heterocycles. The Labute approximate surface area is 105 Å². The summed E-state index contributed by atoms with van der Waals surface area (Å²) in [5.74, 6) is 0.545. The SMILES string of the molecule is C[C@H](N[C@@H](C)c1ccco1)C(=O)N1CCNC1=O. The molecule has 1 saturated heterocycles. The first kappa shape index (κ1) is 12.6. The fourth-order valence-electron chi connectivity index (χ4n) is 1.98. The van der Waals surface area contributed by atoms with E-state index in [1.807, 2.05) is 13.0 Å². The van der Waals surface area contributed by atoms with E-state index in [9.17, 15) is 9.59 Å². The first-order valence-electron chi connectivity index (χ1n) is 5.98. The maximum atomic E-state index is 12.0. The molecule has 0 spiro atoms. The summed E-state index contributed by atoms with van der Waals surface area (Å²) in [4.78, 5) is 24.6. The van der Waals surface area contributed by atoms with Crippen LogP contribution < -0.4 is 10.6 Å². The van der Waals surface area contributed by atoms with E-state index in [0.29, 0.717) is 13.1 Å². The molecule has 1 aliphatic heterocycles. The lowest BCUT2D eigenvalue weighted by Crippen LogP contribution is -2.46. The van der Waals surface area contributed by atoms with Crippen LogP contribution in [0.25, 0.3) is 0 Å². The third-order valence-electron chi connectivity index (χ3n) is 2.96. The topological polar surface area (TPSA) is 74.6 Å². The summed E-state index contributed by atoms with van der Waals surface area (Å²) in [7, 11) is 0. The minimum Gasteiger partial charge on any atom is -0.468 e.